The van der Waals surface area contributed by atoms with Crippen LogP contribution in [-0.2, 0) is 22.4 Å². The molecule has 0 saturated heterocycles. The van der Waals surface area contributed by atoms with Gasteiger partial charge in [-0.3, -0.25) is 4.79 Å². The standard InChI is InChI=1S/C14H20N2O3S/c1-3-19-14(18)12-9-5-4-6-10(9)20-13(12)16-11(17)7-8(2)15/h8H,3-7,15H2,1-2H3,(H,16,17). The molecule has 1 amide bonds. The zero-order chi connectivity index (χ0) is 14.7. The fourth-order valence-corrected chi connectivity index (χ4v) is 3.68. The summed E-state index contributed by atoms with van der Waals surface area (Å²) in [5.74, 6) is -0.506. The Morgan fingerprint density at radius 3 is 2.85 bits per heavy atom. The van der Waals surface area contributed by atoms with E-state index in [2.05, 4.69) is 5.32 Å². The maximum absolute atomic E-state index is 12.1. The Balaban J connectivity index is 2.24. The van der Waals surface area contributed by atoms with Crippen molar-refractivity contribution in [1.82, 2.24) is 0 Å². The molecule has 0 bridgehead atoms. The number of anilines is 1. The van der Waals surface area contributed by atoms with Crippen molar-refractivity contribution >= 4 is 28.2 Å². The van der Waals surface area contributed by atoms with Crippen LogP contribution < -0.4 is 11.1 Å². The van der Waals surface area contributed by atoms with Crippen LogP contribution in [0.3, 0.4) is 0 Å². The minimum absolute atomic E-state index is 0.162. The molecule has 5 nitrogen and oxygen atoms in total. The highest BCUT2D eigenvalue weighted by atomic mass is 32.1. The summed E-state index contributed by atoms with van der Waals surface area (Å²) in [6, 6.07) is -0.201. The summed E-state index contributed by atoms with van der Waals surface area (Å²) < 4.78 is 5.11. The van der Waals surface area contributed by atoms with Crippen LogP contribution in [0.1, 0.15) is 47.5 Å². The number of thiophene rings is 1. The first-order chi connectivity index (χ1) is 9.52. The molecule has 1 atom stereocenters. The second kappa shape index (κ2) is 6.37. The Morgan fingerprint density at radius 1 is 1.45 bits per heavy atom. The molecule has 0 radical (unpaired) electrons. The Bertz CT molecular complexity index is 523. The zero-order valence-electron chi connectivity index (χ0n) is 11.8. The van der Waals surface area contributed by atoms with Crippen LogP contribution in [0.5, 0.6) is 0 Å². The number of aryl methyl sites for hydroxylation is 1. The summed E-state index contributed by atoms with van der Waals surface area (Å²) in [6.07, 6.45) is 3.14. The minimum atomic E-state index is -0.344. The highest BCUT2D eigenvalue weighted by Gasteiger charge is 2.28. The summed E-state index contributed by atoms with van der Waals surface area (Å²) in [6.45, 7) is 3.88. The van der Waals surface area contributed by atoms with Gasteiger partial charge in [-0.25, -0.2) is 4.79 Å². The van der Waals surface area contributed by atoms with Crippen molar-refractivity contribution in [2.24, 2.45) is 5.73 Å². The van der Waals surface area contributed by atoms with E-state index in [9.17, 15) is 9.59 Å². The van der Waals surface area contributed by atoms with Gasteiger partial charge in [-0.05, 0) is 38.7 Å². The number of nitrogens with two attached hydrogens (primary N) is 1. The summed E-state index contributed by atoms with van der Waals surface area (Å²) in [7, 11) is 0. The molecule has 20 heavy (non-hydrogen) atoms. The van der Waals surface area contributed by atoms with Crippen molar-refractivity contribution in [2.45, 2.75) is 45.6 Å². The highest BCUT2D eigenvalue weighted by molar-refractivity contribution is 7.17. The molecule has 1 aliphatic carbocycles. The molecular weight excluding hydrogens is 276 g/mol. The molecule has 0 aromatic carbocycles. The van der Waals surface area contributed by atoms with E-state index in [1.807, 2.05) is 0 Å². The first-order valence-electron chi connectivity index (χ1n) is 6.90. The number of amides is 1. The minimum Gasteiger partial charge on any atom is -0.462 e. The average Bonchev–Trinajstić information content (AvgIpc) is 2.87. The second-order valence-corrected chi connectivity index (χ2v) is 6.12. The quantitative estimate of drug-likeness (QED) is 0.815. The third kappa shape index (κ3) is 3.19. The molecule has 0 aliphatic heterocycles. The molecule has 6 heteroatoms. The lowest BCUT2D eigenvalue weighted by molar-refractivity contribution is -0.116. The molecule has 1 aromatic heterocycles. The molecule has 0 saturated carbocycles. The fraction of sp³-hybridized carbons (Fsp3) is 0.571. The van der Waals surface area contributed by atoms with E-state index < -0.39 is 0 Å². The number of nitrogens with one attached hydrogen (secondary N) is 1. The number of rotatable bonds is 5. The number of fused-ring (bicyclic) bond motifs is 1. The third-order valence-electron chi connectivity index (χ3n) is 3.16. The van der Waals surface area contributed by atoms with Crippen LogP contribution in [0.25, 0.3) is 0 Å². The second-order valence-electron chi connectivity index (χ2n) is 5.01. The van der Waals surface area contributed by atoms with Crippen molar-refractivity contribution in [3.63, 3.8) is 0 Å². The molecule has 0 fully saturated rings. The van der Waals surface area contributed by atoms with Gasteiger partial charge < -0.3 is 15.8 Å². The Labute approximate surface area is 122 Å². The van der Waals surface area contributed by atoms with Gasteiger partial charge in [-0.2, -0.15) is 0 Å². The first-order valence-corrected chi connectivity index (χ1v) is 7.71. The van der Waals surface area contributed by atoms with Crippen LogP contribution in [0.15, 0.2) is 0 Å². The number of hydrogen-bond donors (Lipinski definition) is 2. The normalized spacial score (nSPS) is 14.8. The van der Waals surface area contributed by atoms with E-state index in [-0.39, 0.29) is 24.3 Å². The monoisotopic (exact) mass is 296 g/mol. The summed E-state index contributed by atoms with van der Waals surface area (Å²) in [5, 5.41) is 3.42. The molecule has 3 N–H and O–H groups in total. The number of carbonyl (C=O) groups is 2. The molecule has 110 valence electrons. The fourth-order valence-electron chi connectivity index (χ4n) is 2.38. The van der Waals surface area contributed by atoms with Crippen LogP contribution >= 0.6 is 11.3 Å². The van der Waals surface area contributed by atoms with Gasteiger partial charge in [0.05, 0.1) is 12.2 Å². The zero-order valence-corrected chi connectivity index (χ0v) is 12.6. The van der Waals surface area contributed by atoms with Gasteiger partial charge in [0, 0.05) is 17.3 Å². The van der Waals surface area contributed by atoms with Crippen molar-refractivity contribution in [1.29, 1.82) is 0 Å². The topological polar surface area (TPSA) is 81.4 Å². The third-order valence-corrected chi connectivity index (χ3v) is 4.37. The number of carbonyl (C=O) groups excluding carboxylic acids is 2. The summed E-state index contributed by atoms with van der Waals surface area (Å²) in [5.41, 5.74) is 7.21. The average molecular weight is 296 g/mol. The van der Waals surface area contributed by atoms with Crippen molar-refractivity contribution in [2.75, 3.05) is 11.9 Å². The van der Waals surface area contributed by atoms with Gasteiger partial charge in [-0.1, -0.05) is 0 Å². The Hall–Kier alpha value is -1.40. The van der Waals surface area contributed by atoms with Crippen LogP contribution in [0.2, 0.25) is 0 Å². The predicted molar refractivity (Wildman–Crippen MR) is 79.2 cm³/mol. The summed E-state index contributed by atoms with van der Waals surface area (Å²) in [4.78, 5) is 25.1. The Morgan fingerprint density at radius 2 is 2.20 bits per heavy atom. The largest absolute Gasteiger partial charge is 0.462 e. The van der Waals surface area contributed by atoms with Gasteiger partial charge in [0.25, 0.3) is 0 Å². The van der Waals surface area contributed by atoms with Crippen LogP contribution in [-0.4, -0.2) is 24.5 Å². The van der Waals surface area contributed by atoms with Gasteiger partial charge in [-0.15, -0.1) is 11.3 Å². The highest BCUT2D eigenvalue weighted by Crippen LogP contribution is 2.39. The van der Waals surface area contributed by atoms with E-state index in [1.165, 1.54) is 16.2 Å². The van der Waals surface area contributed by atoms with Crippen LogP contribution in [0, 0.1) is 0 Å². The first kappa shape index (κ1) is 15.0. The maximum Gasteiger partial charge on any atom is 0.341 e. The van der Waals surface area contributed by atoms with Gasteiger partial charge >= 0.3 is 5.97 Å². The van der Waals surface area contributed by atoms with Crippen molar-refractivity contribution < 1.29 is 14.3 Å². The van der Waals surface area contributed by atoms with E-state index in [0.29, 0.717) is 17.2 Å². The smallest absolute Gasteiger partial charge is 0.341 e. The SMILES string of the molecule is CCOC(=O)c1c(NC(=O)CC(C)N)sc2c1CCC2. The van der Waals surface area contributed by atoms with Crippen molar-refractivity contribution in [3.8, 4) is 0 Å². The molecule has 1 aliphatic rings. The van der Waals surface area contributed by atoms with Crippen molar-refractivity contribution in [3.05, 3.63) is 16.0 Å². The molecule has 1 aromatic rings. The number of ether oxygens (including phenoxy) is 1. The maximum atomic E-state index is 12.1. The lowest BCUT2D eigenvalue weighted by Gasteiger charge is -2.09. The molecule has 1 heterocycles. The van der Waals surface area contributed by atoms with E-state index in [0.717, 1.165) is 24.8 Å². The molecular formula is C14H20N2O3S. The van der Waals surface area contributed by atoms with Crippen LogP contribution in [0.4, 0.5) is 5.00 Å². The van der Waals surface area contributed by atoms with E-state index in [1.54, 1.807) is 13.8 Å². The van der Waals surface area contributed by atoms with Gasteiger partial charge in [0.2, 0.25) is 5.91 Å². The predicted octanol–water partition coefficient (Wildman–Crippen LogP) is 2.09. The lowest BCUT2D eigenvalue weighted by Crippen LogP contribution is -2.24. The lowest BCUT2D eigenvalue weighted by atomic mass is 10.1. The Kier molecular flexibility index (Phi) is 4.77. The van der Waals surface area contributed by atoms with E-state index in [4.69, 9.17) is 10.5 Å². The van der Waals surface area contributed by atoms with E-state index >= 15 is 0 Å². The van der Waals surface area contributed by atoms with Gasteiger partial charge in [0.1, 0.15) is 5.00 Å². The molecule has 1 unspecified atom stereocenters. The molecule has 0 spiro atoms. The summed E-state index contributed by atoms with van der Waals surface area (Å²) >= 11 is 1.48. The molecule has 2 rings (SSSR count). The number of hydrogen-bond acceptors (Lipinski definition) is 5. The van der Waals surface area contributed by atoms with Gasteiger partial charge in [0.15, 0.2) is 0 Å². The number of esters is 1.